The summed E-state index contributed by atoms with van der Waals surface area (Å²) in [5.41, 5.74) is 0.744. The molecular weight excluding hydrogens is 130 g/mol. The Morgan fingerprint density at radius 2 is 2.40 bits per heavy atom. The summed E-state index contributed by atoms with van der Waals surface area (Å²) in [5.74, 6) is 0.838. The average Bonchev–Trinajstić information content (AvgIpc) is 2.45. The van der Waals surface area contributed by atoms with Crippen LogP contribution in [0, 0.1) is 6.92 Å². The third-order valence-corrected chi connectivity index (χ3v) is 1.73. The fraction of sp³-hybridized carbons (Fsp3) is 0.571. The van der Waals surface area contributed by atoms with Gasteiger partial charge in [0.1, 0.15) is 5.60 Å². The van der Waals surface area contributed by atoms with Crippen LogP contribution in [0.15, 0.2) is 10.6 Å². The van der Waals surface area contributed by atoms with Crippen molar-refractivity contribution in [2.24, 2.45) is 0 Å². The zero-order chi connectivity index (χ0) is 7.19. The number of aryl methyl sites for hydroxylation is 1. The van der Waals surface area contributed by atoms with E-state index in [0.717, 1.165) is 18.1 Å². The van der Waals surface area contributed by atoms with Gasteiger partial charge in [-0.05, 0) is 13.8 Å². The van der Waals surface area contributed by atoms with Gasteiger partial charge in [-0.3, -0.25) is 0 Å². The van der Waals surface area contributed by atoms with Crippen LogP contribution in [0.3, 0.4) is 0 Å². The molecule has 0 spiro atoms. The van der Waals surface area contributed by atoms with Gasteiger partial charge in [-0.1, -0.05) is 5.16 Å². The van der Waals surface area contributed by atoms with Crippen molar-refractivity contribution in [3.63, 3.8) is 0 Å². The SMILES string of the molecule is Cc1cc(C2(C)CO2)on1. The Hall–Kier alpha value is -0.830. The minimum absolute atomic E-state index is 0.165. The second kappa shape index (κ2) is 1.61. The smallest absolute Gasteiger partial charge is 0.170 e. The zero-order valence-corrected chi connectivity index (χ0v) is 6.05. The molecule has 1 saturated heterocycles. The molecule has 0 amide bonds. The first-order valence-electron chi connectivity index (χ1n) is 3.28. The van der Waals surface area contributed by atoms with Crippen LogP contribution in [0.5, 0.6) is 0 Å². The quantitative estimate of drug-likeness (QED) is 0.549. The van der Waals surface area contributed by atoms with Gasteiger partial charge in [0.05, 0.1) is 12.3 Å². The number of epoxide rings is 1. The molecule has 3 nitrogen and oxygen atoms in total. The molecule has 0 radical (unpaired) electrons. The molecule has 10 heavy (non-hydrogen) atoms. The van der Waals surface area contributed by atoms with Crippen LogP contribution in [0.4, 0.5) is 0 Å². The van der Waals surface area contributed by atoms with Gasteiger partial charge in [0, 0.05) is 6.07 Å². The molecule has 1 unspecified atom stereocenters. The van der Waals surface area contributed by atoms with E-state index in [2.05, 4.69) is 5.16 Å². The maximum Gasteiger partial charge on any atom is 0.170 e. The molecule has 1 fully saturated rings. The van der Waals surface area contributed by atoms with E-state index in [0.29, 0.717) is 0 Å². The molecule has 0 bridgehead atoms. The summed E-state index contributed by atoms with van der Waals surface area (Å²) in [4.78, 5) is 0. The fourth-order valence-electron chi connectivity index (χ4n) is 0.863. The van der Waals surface area contributed by atoms with Crippen LogP contribution in [-0.2, 0) is 10.3 Å². The van der Waals surface area contributed by atoms with Gasteiger partial charge in [0.2, 0.25) is 0 Å². The Morgan fingerprint density at radius 1 is 1.70 bits per heavy atom. The van der Waals surface area contributed by atoms with Crippen molar-refractivity contribution in [1.29, 1.82) is 0 Å². The first kappa shape index (κ1) is 5.92. The van der Waals surface area contributed by atoms with Crippen molar-refractivity contribution in [2.45, 2.75) is 19.4 Å². The lowest BCUT2D eigenvalue weighted by Crippen LogP contribution is -1.98. The van der Waals surface area contributed by atoms with E-state index in [1.165, 1.54) is 0 Å². The maximum absolute atomic E-state index is 5.16. The summed E-state index contributed by atoms with van der Waals surface area (Å²) in [6, 6.07) is 1.91. The van der Waals surface area contributed by atoms with Crippen molar-refractivity contribution in [3.8, 4) is 0 Å². The highest BCUT2D eigenvalue weighted by Gasteiger charge is 2.44. The monoisotopic (exact) mass is 139 g/mol. The highest BCUT2D eigenvalue weighted by atomic mass is 16.6. The van der Waals surface area contributed by atoms with Gasteiger partial charge in [0.25, 0.3) is 0 Å². The molecule has 0 aliphatic carbocycles. The molecule has 0 saturated carbocycles. The predicted octanol–water partition coefficient (Wildman–Crippen LogP) is 1.23. The summed E-state index contributed by atoms with van der Waals surface area (Å²) in [5, 5.41) is 3.77. The van der Waals surface area contributed by atoms with Crippen molar-refractivity contribution >= 4 is 0 Å². The van der Waals surface area contributed by atoms with Crippen molar-refractivity contribution in [3.05, 3.63) is 17.5 Å². The van der Waals surface area contributed by atoms with E-state index in [1.807, 2.05) is 19.9 Å². The van der Waals surface area contributed by atoms with Crippen molar-refractivity contribution < 1.29 is 9.26 Å². The number of nitrogens with zero attached hydrogens (tertiary/aromatic N) is 1. The normalized spacial score (nSPS) is 30.6. The van der Waals surface area contributed by atoms with E-state index < -0.39 is 0 Å². The first-order valence-corrected chi connectivity index (χ1v) is 3.28. The van der Waals surface area contributed by atoms with Crippen LogP contribution in [-0.4, -0.2) is 11.8 Å². The Bertz CT molecular complexity index is 250. The molecule has 2 rings (SSSR count). The lowest BCUT2D eigenvalue weighted by atomic mass is 10.1. The molecule has 54 valence electrons. The van der Waals surface area contributed by atoms with Gasteiger partial charge in [0.15, 0.2) is 5.76 Å². The summed E-state index contributed by atoms with van der Waals surface area (Å²) in [6.07, 6.45) is 0. The van der Waals surface area contributed by atoms with E-state index in [-0.39, 0.29) is 5.60 Å². The second-order valence-corrected chi connectivity index (χ2v) is 2.85. The Labute approximate surface area is 59.0 Å². The zero-order valence-electron chi connectivity index (χ0n) is 6.05. The minimum atomic E-state index is -0.165. The Kier molecular flexibility index (Phi) is 0.951. The Morgan fingerprint density at radius 3 is 2.80 bits per heavy atom. The standard InChI is InChI=1S/C7H9NO2/c1-5-3-6(10-8-5)7(2)4-9-7/h3H,4H2,1-2H3. The summed E-state index contributed by atoms with van der Waals surface area (Å²) < 4.78 is 10.2. The first-order chi connectivity index (χ1) is 4.71. The fourth-order valence-corrected chi connectivity index (χ4v) is 0.863. The number of rotatable bonds is 1. The molecule has 0 aromatic carbocycles. The topological polar surface area (TPSA) is 38.6 Å². The lowest BCUT2D eigenvalue weighted by molar-refractivity contribution is 0.258. The van der Waals surface area contributed by atoms with Crippen LogP contribution in [0.2, 0.25) is 0 Å². The maximum atomic E-state index is 5.16. The Balaban J connectivity index is 2.34. The highest BCUT2D eigenvalue weighted by Crippen LogP contribution is 2.37. The average molecular weight is 139 g/mol. The molecule has 1 aliphatic heterocycles. The minimum Gasteiger partial charge on any atom is -0.361 e. The summed E-state index contributed by atoms with van der Waals surface area (Å²) >= 11 is 0. The number of aromatic nitrogens is 1. The van der Waals surface area contributed by atoms with Gasteiger partial charge >= 0.3 is 0 Å². The molecule has 1 aromatic rings. The molecule has 3 heteroatoms. The summed E-state index contributed by atoms with van der Waals surface area (Å²) in [7, 11) is 0. The van der Waals surface area contributed by atoms with Crippen molar-refractivity contribution in [1.82, 2.24) is 5.16 Å². The van der Waals surface area contributed by atoms with E-state index >= 15 is 0 Å². The third kappa shape index (κ3) is 0.743. The summed E-state index contributed by atoms with van der Waals surface area (Å²) in [6.45, 7) is 4.65. The van der Waals surface area contributed by atoms with Crippen molar-refractivity contribution in [2.75, 3.05) is 6.61 Å². The van der Waals surface area contributed by atoms with E-state index in [4.69, 9.17) is 9.26 Å². The molecule has 0 N–H and O–H groups in total. The largest absolute Gasteiger partial charge is 0.361 e. The molecule has 1 aromatic heterocycles. The molecular formula is C7H9NO2. The molecule has 1 atom stereocenters. The van der Waals surface area contributed by atoms with Gasteiger partial charge in [-0.2, -0.15) is 0 Å². The number of hydrogen-bond donors (Lipinski definition) is 0. The molecule has 1 aliphatic rings. The van der Waals surface area contributed by atoms with E-state index in [1.54, 1.807) is 0 Å². The number of hydrogen-bond acceptors (Lipinski definition) is 3. The van der Waals surface area contributed by atoms with E-state index in [9.17, 15) is 0 Å². The lowest BCUT2D eigenvalue weighted by Gasteiger charge is -1.94. The van der Waals surface area contributed by atoms with Crippen LogP contribution in [0.1, 0.15) is 18.4 Å². The molecule has 2 heterocycles. The van der Waals surface area contributed by atoms with Crippen LogP contribution < -0.4 is 0 Å². The van der Waals surface area contributed by atoms with Gasteiger partial charge in [-0.15, -0.1) is 0 Å². The second-order valence-electron chi connectivity index (χ2n) is 2.85. The van der Waals surface area contributed by atoms with Crippen LogP contribution in [0.25, 0.3) is 0 Å². The van der Waals surface area contributed by atoms with Gasteiger partial charge < -0.3 is 9.26 Å². The third-order valence-electron chi connectivity index (χ3n) is 1.73. The number of ether oxygens (including phenoxy) is 1. The predicted molar refractivity (Wildman–Crippen MR) is 34.5 cm³/mol. The van der Waals surface area contributed by atoms with Crippen LogP contribution >= 0.6 is 0 Å². The van der Waals surface area contributed by atoms with Gasteiger partial charge in [-0.25, -0.2) is 0 Å². The highest BCUT2D eigenvalue weighted by molar-refractivity contribution is 5.15.